The number of imidazole rings is 1. The Labute approximate surface area is 157 Å². The topological polar surface area (TPSA) is 42.0 Å². The molecule has 0 aliphatic rings. The molecule has 0 N–H and O–H groups in total. The van der Waals surface area contributed by atoms with Crippen LogP contribution in [0.4, 0.5) is 15.9 Å². The maximum absolute atomic E-state index is 13.4. The van der Waals surface area contributed by atoms with Crippen molar-refractivity contribution < 1.29 is 4.39 Å². The molecule has 27 heavy (non-hydrogen) atoms. The van der Waals surface area contributed by atoms with Crippen LogP contribution >= 0.6 is 0 Å². The number of benzene rings is 2. The zero-order valence-electron chi connectivity index (χ0n) is 15.4. The van der Waals surface area contributed by atoms with Crippen molar-refractivity contribution in [1.82, 2.24) is 9.38 Å². The van der Waals surface area contributed by atoms with Gasteiger partial charge in [-0.3, -0.25) is 4.40 Å². The summed E-state index contributed by atoms with van der Waals surface area (Å²) in [6.45, 7) is 6.05. The predicted octanol–water partition coefficient (Wildman–Crippen LogP) is 6.48. The average molecular weight is 358 g/mol. The third-order valence-electron chi connectivity index (χ3n) is 4.54. The molecule has 0 saturated heterocycles. The predicted molar refractivity (Wildman–Crippen MR) is 105 cm³/mol. The Morgan fingerprint density at radius 2 is 1.56 bits per heavy atom. The van der Waals surface area contributed by atoms with Gasteiger partial charge in [0.05, 0.1) is 5.69 Å². The third kappa shape index (κ3) is 3.24. The minimum Gasteiger partial charge on any atom is -0.282 e. The maximum atomic E-state index is 13.4. The normalized spacial score (nSPS) is 11.6. The van der Waals surface area contributed by atoms with Gasteiger partial charge in [0.15, 0.2) is 5.82 Å². The summed E-state index contributed by atoms with van der Waals surface area (Å²) in [5.74, 6) is 0.347. The van der Waals surface area contributed by atoms with Gasteiger partial charge < -0.3 is 0 Å². The van der Waals surface area contributed by atoms with E-state index in [1.807, 2.05) is 61.7 Å². The van der Waals surface area contributed by atoms with Gasteiger partial charge >= 0.3 is 0 Å². The number of azo groups is 1. The summed E-state index contributed by atoms with van der Waals surface area (Å²) >= 11 is 0. The van der Waals surface area contributed by atoms with Crippen LogP contribution in [0.2, 0.25) is 0 Å². The van der Waals surface area contributed by atoms with E-state index in [4.69, 9.17) is 4.98 Å². The standard InChI is InChI=1S/C22H19FN4/c1-14-7-12-19-24-21(17-8-10-18(23)11-9-17)22(27(19)13-14)26-25-20-15(2)5-4-6-16(20)3/h4-13H,1-3H3. The van der Waals surface area contributed by atoms with Gasteiger partial charge in [-0.2, -0.15) is 0 Å². The van der Waals surface area contributed by atoms with Gasteiger partial charge in [0, 0.05) is 11.8 Å². The van der Waals surface area contributed by atoms with Crippen LogP contribution in [0.1, 0.15) is 16.7 Å². The van der Waals surface area contributed by atoms with E-state index in [9.17, 15) is 4.39 Å². The maximum Gasteiger partial charge on any atom is 0.187 e. The monoisotopic (exact) mass is 358 g/mol. The molecule has 0 aliphatic heterocycles. The van der Waals surface area contributed by atoms with Crippen LogP contribution in [0.5, 0.6) is 0 Å². The Morgan fingerprint density at radius 3 is 2.26 bits per heavy atom. The number of fused-ring (bicyclic) bond motifs is 1. The molecular weight excluding hydrogens is 339 g/mol. The van der Waals surface area contributed by atoms with Gasteiger partial charge in [0.25, 0.3) is 0 Å². The highest BCUT2D eigenvalue weighted by molar-refractivity contribution is 5.74. The molecule has 0 bridgehead atoms. The van der Waals surface area contributed by atoms with Crippen molar-refractivity contribution in [2.75, 3.05) is 0 Å². The first-order valence-electron chi connectivity index (χ1n) is 8.75. The molecule has 134 valence electrons. The molecule has 4 rings (SSSR count). The molecular formula is C22H19FN4. The number of rotatable bonds is 3. The van der Waals surface area contributed by atoms with E-state index in [-0.39, 0.29) is 5.82 Å². The fourth-order valence-electron chi connectivity index (χ4n) is 3.10. The summed E-state index contributed by atoms with van der Waals surface area (Å²) in [7, 11) is 0. The Hall–Kier alpha value is -3.34. The van der Waals surface area contributed by atoms with Crippen molar-refractivity contribution in [3.05, 3.63) is 83.3 Å². The number of halogens is 1. The van der Waals surface area contributed by atoms with Crippen molar-refractivity contribution in [2.24, 2.45) is 10.2 Å². The SMILES string of the molecule is Cc1ccc2nc(-c3ccc(F)cc3)c(N=Nc3c(C)cccc3C)n2c1. The van der Waals surface area contributed by atoms with E-state index in [1.165, 1.54) is 12.1 Å². The van der Waals surface area contributed by atoms with E-state index < -0.39 is 0 Å². The molecule has 0 saturated carbocycles. The number of hydrogen-bond donors (Lipinski definition) is 0. The second-order valence-corrected chi connectivity index (χ2v) is 6.67. The lowest BCUT2D eigenvalue weighted by atomic mass is 10.1. The van der Waals surface area contributed by atoms with Crippen LogP contribution in [-0.2, 0) is 0 Å². The number of pyridine rings is 1. The van der Waals surface area contributed by atoms with Gasteiger partial charge in [-0.05, 0) is 67.8 Å². The average Bonchev–Trinajstić information content (AvgIpc) is 3.00. The molecule has 2 aromatic heterocycles. The highest BCUT2D eigenvalue weighted by Gasteiger charge is 2.14. The first-order valence-corrected chi connectivity index (χ1v) is 8.75. The van der Waals surface area contributed by atoms with Crippen molar-refractivity contribution in [1.29, 1.82) is 0 Å². The van der Waals surface area contributed by atoms with E-state index in [2.05, 4.69) is 10.2 Å². The van der Waals surface area contributed by atoms with E-state index >= 15 is 0 Å². The van der Waals surface area contributed by atoms with E-state index in [1.54, 1.807) is 12.1 Å². The second-order valence-electron chi connectivity index (χ2n) is 6.67. The summed E-state index contributed by atoms with van der Waals surface area (Å²) in [5.41, 5.74) is 6.32. The lowest BCUT2D eigenvalue weighted by molar-refractivity contribution is 0.628. The van der Waals surface area contributed by atoms with Crippen LogP contribution in [-0.4, -0.2) is 9.38 Å². The van der Waals surface area contributed by atoms with Gasteiger partial charge in [-0.15, -0.1) is 10.2 Å². The smallest absolute Gasteiger partial charge is 0.187 e. The molecule has 0 spiro atoms. The molecule has 0 fully saturated rings. The molecule has 0 amide bonds. The summed E-state index contributed by atoms with van der Waals surface area (Å²) in [5, 5.41) is 9.08. The van der Waals surface area contributed by atoms with Crippen molar-refractivity contribution in [3.8, 4) is 11.3 Å². The van der Waals surface area contributed by atoms with Crippen LogP contribution in [0.3, 0.4) is 0 Å². The summed E-state index contributed by atoms with van der Waals surface area (Å²) in [6, 6.07) is 16.3. The molecule has 2 heterocycles. The Morgan fingerprint density at radius 1 is 0.852 bits per heavy atom. The minimum atomic E-state index is -0.280. The molecule has 2 aromatic carbocycles. The van der Waals surface area contributed by atoms with Crippen molar-refractivity contribution >= 4 is 17.2 Å². The lowest BCUT2D eigenvalue weighted by Crippen LogP contribution is -1.85. The second kappa shape index (κ2) is 6.76. The van der Waals surface area contributed by atoms with Crippen molar-refractivity contribution in [2.45, 2.75) is 20.8 Å². The quantitative estimate of drug-likeness (QED) is 0.386. The molecule has 0 radical (unpaired) electrons. The highest BCUT2D eigenvalue weighted by Crippen LogP contribution is 2.33. The largest absolute Gasteiger partial charge is 0.282 e. The number of hydrogen-bond acceptors (Lipinski definition) is 3. The van der Waals surface area contributed by atoms with Crippen LogP contribution < -0.4 is 0 Å². The lowest BCUT2D eigenvalue weighted by Gasteiger charge is -2.04. The number of nitrogens with zero attached hydrogens (tertiary/aromatic N) is 4. The number of aryl methyl sites for hydroxylation is 3. The Balaban J connectivity index is 1.92. The van der Waals surface area contributed by atoms with Crippen LogP contribution in [0.25, 0.3) is 16.9 Å². The fourth-order valence-corrected chi connectivity index (χ4v) is 3.10. The van der Waals surface area contributed by atoms with Crippen LogP contribution in [0.15, 0.2) is 71.0 Å². The summed E-state index contributed by atoms with van der Waals surface area (Å²) < 4.78 is 15.3. The van der Waals surface area contributed by atoms with Gasteiger partial charge in [-0.1, -0.05) is 24.3 Å². The van der Waals surface area contributed by atoms with Crippen LogP contribution in [0, 0.1) is 26.6 Å². The Kier molecular flexibility index (Phi) is 4.28. The molecule has 5 heteroatoms. The zero-order chi connectivity index (χ0) is 19.0. The molecule has 0 atom stereocenters. The minimum absolute atomic E-state index is 0.280. The van der Waals surface area contributed by atoms with Gasteiger partial charge in [0.1, 0.15) is 17.2 Å². The third-order valence-corrected chi connectivity index (χ3v) is 4.54. The molecule has 0 unspecified atom stereocenters. The van der Waals surface area contributed by atoms with Gasteiger partial charge in [0.2, 0.25) is 0 Å². The van der Waals surface area contributed by atoms with Gasteiger partial charge in [-0.25, -0.2) is 9.37 Å². The summed E-state index contributed by atoms with van der Waals surface area (Å²) in [4.78, 5) is 4.70. The zero-order valence-corrected chi connectivity index (χ0v) is 15.4. The number of aromatic nitrogens is 2. The molecule has 4 aromatic rings. The highest BCUT2D eigenvalue weighted by atomic mass is 19.1. The Bertz CT molecular complexity index is 1140. The molecule has 4 nitrogen and oxygen atoms in total. The molecule has 0 aliphatic carbocycles. The fraction of sp³-hybridized carbons (Fsp3) is 0.136. The first kappa shape index (κ1) is 17.1. The summed E-state index contributed by atoms with van der Waals surface area (Å²) in [6.07, 6.45) is 1.98. The van der Waals surface area contributed by atoms with E-state index in [0.717, 1.165) is 33.6 Å². The first-order chi connectivity index (χ1) is 13.0. The van der Waals surface area contributed by atoms with E-state index in [0.29, 0.717) is 11.5 Å². The van der Waals surface area contributed by atoms with Crippen molar-refractivity contribution in [3.63, 3.8) is 0 Å².